The number of hydrogen-bond acceptors (Lipinski definition) is 5. The number of carbonyl (C=O) groups is 2. The standard InChI is InChI=1S/C23H16FN3O5/c1-13-16(9-5-10-18(13)27(30)31)22(28)26-20-17-8-2-3-11-19(17)32-21(20)23(29)25-15-7-4-6-14(24)12-15/h2-12H,1H3,(H,25,29)(H,26,28). The highest BCUT2D eigenvalue weighted by atomic mass is 19.1. The van der Waals surface area contributed by atoms with Crippen molar-refractivity contribution in [3.8, 4) is 0 Å². The summed E-state index contributed by atoms with van der Waals surface area (Å²) >= 11 is 0. The number of rotatable bonds is 5. The molecule has 1 heterocycles. The van der Waals surface area contributed by atoms with Gasteiger partial charge in [-0.3, -0.25) is 19.7 Å². The zero-order valence-corrected chi connectivity index (χ0v) is 16.7. The maximum Gasteiger partial charge on any atom is 0.293 e. The minimum absolute atomic E-state index is 0.0842. The molecule has 4 rings (SSSR count). The maximum absolute atomic E-state index is 13.5. The number of carbonyl (C=O) groups excluding carboxylic acids is 2. The number of amides is 2. The van der Waals surface area contributed by atoms with Gasteiger partial charge in [0.2, 0.25) is 5.76 Å². The maximum atomic E-state index is 13.5. The summed E-state index contributed by atoms with van der Waals surface area (Å²) in [4.78, 5) is 36.5. The normalized spacial score (nSPS) is 10.7. The van der Waals surface area contributed by atoms with Crippen LogP contribution in [0.4, 0.5) is 21.5 Å². The Morgan fingerprint density at radius 1 is 0.969 bits per heavy atom. The third-order valence-corrected chi connectivity index (χ3v) is 4.87. The molecule has 0 unspecified atom stereocenters. The largest absolute Gasteiger partial charge is 0.449 e. The zero-order chi connectivity index (χ0) is 22.8. The molecule has 3 aromatic carbocycles. The quantitative estimate of drug-likeness (QED) is 0.328. The van der Waals surface area contributed by atoms with Crippen molar-refractivity contribution in [3.63, 3.8) is 0 Å². The summed E-state index contributed by atoms with van der Waals surface area (Å²) in [6.45, 7) is 1.47. The SMILES string of the molecule is Cc1c(C(=O)Nc2c(C(=O)Nc3cccc(F)c3)oc3ccccc23)cccc1[N+](=O)[O-]. The lowest BCUT2D eigenvalue weighted by atomic mass is 10.1. The van der Waals surface area contributed by atoms with Gasteiger partial charge in [0.15, 0.2) is 0 Å². The summed E-state index contributed by atoms with van der Waals surface area (Å²) in [5, 5.41) is 16.9. The van der Waals surface area contributed by atoms with Gasteiger partial charge in [0.1, 0.15) is 17.1 Å². The number of nitrogens with zero attached hydrogens (tertiary/aromatic N) is 1. The lowest BCUT2D eigenvalue weighted by molar-refractivity contribution is -0.385. The fraction of sp³-hybridized carbons (Fsp3) is 0.0435. The van der Waals surface area contributed by atoms with E-state index in [0.29, 0.717) is 11.0 Å². The number of anilines is 2. The van der Waals surface area contributed by atoms with Gasteiger partial charge < -0.3 is 15.1 Å². The number of hydrogen-bond donors (Lipinski definition) is 2. The van der Waals surface area contributed by atoms with Crippen LogP contribution in [0.3, 0.4) is 0 Å². The van der Waals surface area contributed by atoms with Gasteiger partial charge in [-0.25, -0.2) is 4.39 Å². The molecule has 0 aliphatic heterocycles. The van der Waals surface area contributed by atoms with Gasteiger partial charge in [0.25, 0.3) is 17.5 Å². The highest BCUT2D eigenvalue weighted by Crippen LogP contribution is 2.32. The summed E-state index contributed by atoms with van der Waals surface area (Å²) in [5.41, 5.74) is 0.740. The van der Waals surface area contributed by atoms with Crippen LogP contribution < -0.4 is 10.6 Å². The molecular formula is C23H16FN3O5. The molecule has 0 saturated carbocycles. The second kappa shape index (κ2) is 8.31. The predicted molar refractivity (Wildman–Crippen MR) is 116 cm³/mol. The van der Waals surface area contributed by atoms with Crippen LogP contribution in [0.25, 0.3) is 11.0 Å². The average Bonchev–Trinajstić information content (AvgIpc) is 3.12. The zero-order valence-electron chi connectivity index (χ0n) is 16.7. The summed E-state index contributed by atoms with van der Waals surface area (Å²) in [6.07, 6.45) is 0. The van der Waals surface area contributed by atoms with Gasteiger partial charge in [-0.15, -0.1) is 0 Å². The van der Waals surface area contributed by atoms with E-state index in [1.807, 2.05) is 0 Å². The molecule has 9 heteroatoms. The van der Waals surface area contributed by atoms with Crippen LogP contribution >= 0.6 is 0 Å². The van der Waals surface area contributed by atoms with Crippen LogP contribution in [-0.2, 0) is 0 Å². The smallest absolute Gasteiger partial charge is 0.293 e. The van der Waals surface area contributed by atoms with Gasteiger partial charge in [-0.2, -0.15) is 0 Å². The Balaban J connectivity index is 1.72. The van der Waals surface area contributed by atoms with Crippen molar-refractivity contribution in [1.29, 1.82) is 0 Å². The first-order valence-corrected chi connectivity index (χ1v) is 9.49. The van der Waals surface area contributed by atoms with Crippen LogP contribution in [0.2, 0.25) is 0 Å². The summed E-state index contributed by atoms with van der Waals surface area (Å²) in [5.74, 6) is -2.05. The van der Waals surface area contributed by atoms with E-state index < -0.39 is 22.6 Å². The highest BCUT2D eigenvalue weighted by molar-refractivity contribution is 6.17. The number of furan rings is 1. The van der Waals surface area contributed by atoms with Crippen LogP contribution in [0.1, 0.15) is 26.5 Å². The summed E-state index contributed by atoms with van der Waals surface area (Å²) in [6, 6.07) is 16.2. The number of para-hydroxylation sites is 1. The van der Waals surface area contributed by atoms with E-state index in [4.69, 9.17) is 4.42 Å². The summed E-state index contributed by atoms with van der Waals surface area (Å²) < 4.78 is 19.1. The van der Waals surface area contributed by atoms with E-state index >= 15 is 0 Å². The number of fused-ring (bicyclic) bond motifs is 1. The molecule has 0 bridgehead atoms. The molecule has 0 fully saturated rings. The fourth-order valence-corrected chi connectivity index (χ4v) is 3.33. The predicted octanol–water partition coefficient (Wildman–Crippen LogP) is 5.29. The molecule has 1 aromatic heterocycles. The van der Waals surface area contributed by atoms with Crippen molar-refractivity contribution in [2.45, 2.75) is 6.92 Å². The van der Waals surface area contributed by atoms with Crippen molar-refractivity contribution in [3.05, 3.63) is 99.5 Å². The van der Waals surface area contributed by atoms with Crippen molar-refractivity contribution >= 4 is 39.8 Å². The van der Waals surface area contributed by atoms with E-state index in [-0.39, 0.29) is 33.9 Å². The number of nitrogens with one attached hydrogen (secondary N) is 2. The Hall–Kier alpha value is -4.53. The molecule has 0 radical (unpaired) electrons. The van der Waals surface area contributed by atoms with Crippen LogP contribution in [-0.4, -0.2) is 16.7 Å². The molecule has 2 N–H and O–H groups in total. The van der Waals surface area contributed by atoms with E-state index in [9.17, 15) is 24.1 Å². The van der Waals surface area contributed by atoms with Gasteiger partial charge in [0, 0.05) is 28.3 Å². The van der Waals surface area contributed by atoms with Crippen LogP contribution in [0.5, 0.6) is 0 Å². The van der Waals surface area contributed by atoms with E-state index in [2.05, 4.69) is 10.6 Å². The third kappa shape index (κ3) is 3.91. The first-order chi connectivity index (χ1) is 15.3. The lowest BCUT2D eigenvalue weighted by Crippen LogP contribution is -2.18. The minimum atomic E-state index is -0.696. The Morgan fingerprint density at radius 2 is 1.72 bits per heavy atom. The third-order valence-electron chi connectivity index (χ3n) is 4.87. The Kier molecular flexibility index (Phi) is 5.38. The second-order valence-electron chi connectivity index (χ2n) is 6.93. The number of halogens is 1. The molecule has 2 amide bonds. The fourth-order valence-electron chi connectivity index (χ4n) is 3.33. The molecule has 0 saturated heterocycles. The highest BCUT2D eigenvalue weighted by Gasteiger charge is 2.25. The van der Waals surface area contributed by atoms with Gasteiger partial charge in [-0.05, 0) is 43.3 Å². The molecule has 32 heavy (non-hydrogen) atoms. The lowest BCUT2D eigenvalue weighted by Gasteiger charge is -2.09. The first kappa shape index (κ1) is 20.7. The van der Waals surface area contributed by atoms with Gasteiger partial charge in [-0.1, -0.05) is 24.3 Å². The molecule has 160 valence electrons. The Morgan fingerprint density at radius 3 is 2.47 bits per heavy atom. The topological polar surface area (TPSA) is 114 Å². The second-order valence-corrected chi connectivity index (χ2v) is 6.93. The van der Waals surface area contributed by atoms with Gasteiger partial charge >= 0.3 is 0 Å². The number of nitro benzene ring substituents is 1. The number of nitro groups is 1. The van der Waals surface area contributed by atoms with Crippen molar-refractivity contribution in [2.75, 3.05) is 10.6 Å². The van der Waals surface area contributed by atoms with E-state index in [0.717, 1.165) is 6.07 Å². The monoisotopic (exact) mass is 433 g/mol. The Bertz CT molecular complexity index is 1380. The van der Waals surface area contributed by atoms with Gasteiger partial charge in [0.05, 0.1) is 4.92 Å². The molecule has 4 aromatic rings. The molecule has 8 nitrogen and oxygen atoms in total. The molecule has 0 atom stereocenters. The van der Waals surface area contributed by atoms with Crippen LogP contribution in [0.15, 0.2) is 71.1 Å². The Labute approximate surface area is 180 Å². The van der Waals surface area contributed by atoms with Crippen molar-refractivity contribution < 1.29 is 23.3 Å². The molecule has 0 aliphatic rings. The molecule has 0 aliphatic carbocycles. The average molecular weight is 433 g/mol. The number of benzene rings is 3. The van der Waals surface area contributed by atoms with E-state index in [1.165, 1.54) is 43.3 Å². The van der Waals surface area contributed by atoms with Crippen molar-refractivity contribution in [2.24, 2.45) is 0 Å². The summed E-state index contributed by atoms with van der Waals surface area (Å²) in [7, 11) is 0. The van der Waals surface area contributed by atoms with Crippen LogP contribution in [0, 0.1) is 22.9 Å². The van der Waals surface area contributed by atoms with E-state index in [1.54, 1.807) is 24.3 Å². The van der Waals surface area contributed by atoms with Crippen molar-refractivity contribution in [1.82, 2.24) is 0 Å². The molecule has 0 spiro atoms. The first-order valence-electron chi connectivity index (χ1n) is 9.49. The minimum Gasteiger partial charge on any atom is -0.449 e. The molecular weight excluding hydrogens is 417 g/mol.